The minimum Gasteiger partial charge on any atom is -0.356 e. The van der Waals surface area contributed by atoms with Crippen LogP contribution in [0.2, 0.25) is 0 Å². The Morgan fingerprint density at radius 3 is 3.13 bits per heavy atom. The van der Waals surface area contributed by atoms with Crippen molar-refractivity contribution < 1.29 is 4.79 Å². The summed E-state index contributed by atoms with van der Waals surface area (Å²) in [6.07, 6.45) is 4.82. The van der Waals surface area contributed by atoms with Crippen LogP contribution in [0.1, 0.15) is 18.4 Å². The Bertz CT molecular complexity index is 343. The number of rotatable bonds is 5. The van der Waals surface area contributed by atoms with Gasteiger partial charge < -0.3 is 5.32 Å². The van der Waals surface area contributed by atoms with Gasteiger partial charge in [0.15, 0.2) is 0 Å². The number of nitriles is 1. The van der Waals surface area contributed by atoms with Crippen molar-refractivity contribution in [3.8, 4) is 6.07 Å². The van der Waals surface area contributed by atoms with Crippen molar-refractivity contribution in [3.63, 3.8) is 0 Å². The minimum atomic E-state index is -0.0690. The van der Waals surface area contributed by atoms with Crippen LogP contribution in [0.4, 0.5) is 0 Å². The van der Waals surface area contributed by atoms with Gasteiger partial charge in [0, 0.05) is 31.8 Å². The molecule has 0 aliphatic rings. The molecule has 0 atom stereocenters. The van der Waals surface area contributed by atoms with Crippen LogP contribution >= 0.6 is 0 Å². The van der Waals surface area contributed by atoms with Crippen LogP contribution in [0.5, 0.6) is 0 Å². The Balaban J connectivity index is 2.17. The summed E-state index contributed by atoms with van der Waals surface area (Å²) in [5.74, 6) is -0.0690. The molecule has 1 aromatic rings. The summed E-state index contributed by atoms with van der Waals surface area (Å²) in [7, 11) is 0. The van der Waals surface area contributed by atoms with Gasteiger partial charge in [-0.15, -0.1) is 0 Å². The molecule has 0 aliphatic carbocycles. The standard InChI is InChI=1S/C11H13N3O/c12-6-1-4-11(15)14-8-5-10-3-2-7-13-9-10/h2-3,7,9H,1,4-5,8H2,(H,14,15). The normalized spacial score (nSPS) is 9.27. The fourth-order valence-electron chi connectivity index (χ4n) is 1.15. The molecule has 15 heavy (non-hydrogen) atoms. The summed E-state index contributed by atoms with van der Waals surface area (Å²) < 4.78 is 0. The average Bonchev–Trinajstić information content (AvgIpc) is 2.28. The molecule has 0 saturated carbocycles. The molecule has 0 unspecified atom stereocenters. The molecule has 1 heterocycles. The van der Waals surface area contributed by atoms with E-state index in [2.05, 4.69) is 10.3 Å². The Morgan fingerprint density at radius 2 is 2.47 bits per heavy atom. The molecule has 1 aromatic heterocycles. The molecular formula is C11H13N3O. The maximum Gasteiger partial charge on any atom is 0.221 e. The third-order valence-corrected chi connectivity index (χ3v) is 1.92. The molecule has 0 aliphatic heterocycles. The summed E-state index contributed by atoms with van der Waals surface area (Å²) >= 11 is 0. The summed E-state index contributed by atoms with van der Waals surface area (Å²) in [4.78, 5) is 15.1. The molecule has 0 fully saturated rings. The number of amides is 1. The first kappa shape index (κ1) is 11.2. The summed E-state index contributed by atoms with van der Waals surface area (Å²) in [6.45, 7) is 0.593. The number of pyridine rings is 1. The van der Waals surface area contributed by atoms with Crippen LogP contribution in [0, 0.1) is 11.3 Å². The summed E-state index contributed by atoms with van der Waals surface area (Å²) in [5.41, 5.74) is 1.10. The second kappa shape index (κ2) is 6.55. The van der Waals surface area contributed by atoms with Gasteiger partial charge in [-0.2, -0.15) is 5.26 Å². The third-order valence-electron chi connectivity index (χ3n) is 1.92. The highest BCUT2D eigenvalue weighted by atomic mass is 16.1. The van der Waals surface area contributed by atoms with E-state index in [-0.39, 0.29) is 18.7 Å². The van der Waals surface area contributed by atoms with Crippen LogP contribution in [-0.4, -0.2) is 17.4 Å². The first-order chi connectivity index (χ1) is 7.33. The highest BCUT2D eigenvalue weighted by Crippen LogP contribution is 1.95. The first-order valence-corrected chi connectivity index (χ1v) is 4.85. The van der Waals surface area contributed by atoms with Crippen LogP contribution < -0.4 is 5.32 Å². The Kier molecular flexibility index (Phi) is 4.88. The van der Waals surface area contributed by atoms with Crippen LogP contribution in [0.25, 0.3) is 0 Å². The van der Waals surface area contributed by atoms with Crippen LogP contribution in [0.3, 0.4) is 0 Å². The van der Waals surface area contributed by atoms with Crippen molar-refractivity contribution in [2.75, 3.05) is 6.54 Å². The van der Waals surface area contributed by atoms with Crippen molar-refractivity contribution >= 4 is 5.91 Å². The van der Waals surface area contributed by atoms with E-state index < -0.39 is 0 Å². The number of nitrogens with zero attached hydrogens (tertiary/aromatic N) is 2. The van der Waals surface area contributed by atoms with Gasteiger partial charge in [0.2, 0.25) is 5.91 Å². The molecule has 1 N–H and O–H groups in total. The number of carbonyl (C=O) groups is 1. The maximum absolute atomic E-state index is 11.1. The molecule has 0 radical (unpaired) electrons. The van der Waals surface area contributed by atoms with E-state index in [4.69, 9.17) is 5.26 Å². The number of carbonyl (C=O) groups excluding carboxylic acids is 1. The van der Waals surface area contributed by atoms with Crippen molar-refractivity contribution in [2.24, 2.45) is 0 Å². The smallest absolute Gasteiger partial charge is 0.221 e. The van der Waals surface area contributed by atoms with Gasteiger partial charge in [-0.05, 0) is 18.1 Å². The number of hydrogen-bond donors (Lipinski definition) is 1. The first-order valence-electron chi connectivity index (χ1n) is 4.85. The fraction of sp³-hybridized carbons (Fsp3) is 0.364. The Labute approximate surface area is 88.9 Å². The molecule has 4 nitrogen and oxygen atoms in total. The Morgan fingerprint density at radius 1 is 1.60 bits per heavy atom. The second-order valence-corrected chi connectivity index (χ2v) is 3.12. The van der Waals surface area contributed by atoms with E-state index in [9.17, 15) is 4.79 Å². The number of aromatic nitrogens is 1. The second-order valence-electron chi connectivity index (χ2n) is 3.12. The van der Waals surface area contributed by atoms with Crippen LogP contribution in [-0.2, 0) is 11.2 Å². The van der Waals surface area contributed by atoms with Crippen molar-refractivity contribution in [2.45, 2.75) is 19.3 Å². The monoisotopic (exact) mass is 203 g/mol. The number of nitrogens with one attached hydrogen (secondary N) is 1. The Hall–Kier alpha value is -1.89. The lowest BCUT2D eigenvalue weighted by molar-refractivity contribution is -0.120. The molecule has 1 amide bonds. The van der Waals surface area contributed by atoms with E-state index >= 15 is 0 Å². The van der Waals surface area contributed by atoms with E-state index in [1.807, 2.05) is 18.2 Å². The predicted octanol–water partition coefficient (Wildman–Crippen LogP) is 1.04. The van der Waals surface area contributed by atoms with E-state index in [1.165, 1.54) is 0 Å². The maximum atomic E-state index is 11.1. The van der Waals surface area contributed by atoms with Crippen molar-refractivity contribution in [1.29, 1.82) is 5.26 Å². The SMILES string of the molecule is N#CCCC(=O)NCCc1cccnc1. The summed E-state index contributed by atoms with van der Waals surface area (Å²) in [5, 5.41) is 11.0. The largest absolute Gasteiger partial charge is 0.356 e. The van der Waals surface area contributed by atoms with E-state index in [1.54, 1.807) is 12.4 Å². The van der Waals surface area contributed by atoms with Crippen molar-refractivity contribution in [1.82, 2.24) is 10.3 Å². The zero-order valence-electron chi connectivity index (χ0n) is 8.44. The zero-order valence-corrected chi connectivity index (χ0v) is 8.44. The quantitative estimate of drug-likeness (QED) is 0.777. The molecular weight excluding hydrogens is 190 g/mol. The molecule has 78 valence electrons. The lowest BCUT2D eigenvalue weighted by Gasteiger charge is -2.03. The molecule has 0 aromatic carbocycles. The molecule has 0 spiro atoms. The molecule has 4 heteroatoms. The van der Waals surface area contributed by atoms with Gasteiger partial charge in [0.1, 0.15) is 0 Å². The number of hydrogen-bond acceptors (Lipinski definition) is 3. The zero-order chi connectivity index (χ0) is 10.9. The van der Waals surface area contributed by atoms with Gasteiger partial charge in [-0.1, -0.05) is 6.07 Å². The van der Waals surface area contributed by atoms with E-state index in [0.29, 0.717) is 6.54 Å². The molecule has 0 saturated heterocycles. The van der Waals surface area contributed by atoms with Gasteiger partial charge in [-0.3, -0.25) is 9.78 Å². The highest BCUT2D eigenvalue weighted by molar-refractivity contribution is 5.76. The highest BCUT2D eigenvalue weighted by Gasteiger charge is 1.99. The van der Waals surface area contributed by atoms with Crippen LogP contribution in [0.15, 0.2) is 24.5 Å². The van der Waals surface area contributed by atoms with Gasteiger partial charge in [0.25, 0.3) is 0 Å². The third kappa shape index (κ3) is 4.77. The van der Waals surface area contributed by atoms with Gasteiger partial charge in [0.05, 0.1) is 6.07 Å². The topological polar surface area (TPSA) is 65.8 Å². The minimum absolute atomic E-state index is 0.0690. The molecule has 1 rings (SSSR count). The average molecular weight is 203 g/mol. The fourth-order valence-corrected chi connectivity index (χ4v) is 1.15. The lowest BCUT2D eigenvalue weighted by atomic mass is 10.2. The van der Waals surface area contributed by atoms with E-state index in [0.717, 1.165) is 12.0 Å². The molecule has 0 bridgehead atoms. The predicted molar refractivity (Wildman–Crippen MR) is 55.8 cm³/mol. The van der Waals surface area contributed by atoms with Gasteiger partial charge >= 0.3 is 0 Å². The van der Waals surface area contributed by atoms with Crippen molar-refractivity contribution in [3.05, 3.63) is 30.1 Å². The summed E-state index contributed by atoms with van der Waals surface area (Å²) in [6, 6.07) is 5.77. The lowest BCUT2D eigenvalue weighted by Crippen LogP contribution is -2.25. The van der Waals surface area contributed by atoms with Gasteiger partial charge in [-0.25, -0.2) is 0 Å².